The van der Waals surface area contributed by atoms with Gasteiger partial charge in [0.25, 0.3) is 0 Å². The van der Waals surface area contributed by atoms with E-state index in [1.165, 1.54) is 50.0 Å². The smallest absolute Gasteiger partial charge is 0.120 e. The fourth-order valence-electron chi connectivity index (χ4n) is 3.51. The fraction of sp³-hybridized carbons (Fsp3) is 0.562. The van der Waals surface area contributed by atoms with Crippen LogP contribution in [0.25, 0.3) is 0 Å². The van der Waals surface area contributed by atoms with E-state index in [0.717, 1.165) is 12.7 Å². The molecule has 18 heavy (non-hydrogen) atoms. The lowest BCUT2D eigenvalue weighted by molar-refractivity contribution is -0.107. The highest BCUT2D eigenvalue weighted by Crippen LogP contribution is 2.42. The molecule has 3 saturated heterocycles. The molecule has 0 amide bonds. The number of hydrogen-bond acceptors (Lipinski definition) is 2. The molecule has 0 radical (unpaired) electrons. The number of aryl methyl sites for hydroxylation is 1. The van der Waals surface area contributed by atoms with Crippen molar-refractivity contribution in [3.05, 3.63) is 35.4 Å². The number of benzene rings is 1. The molecule has 4 rings (SSSR count). The van der Waals surface area contributed by atoms with Crippen LogP contribution < -0.4 is 0 Å². The summed E-state index contributed by atoms with van der Waals surface area (Å²) in [5.74, 6) is 0. The van der Waals surface area contributed by atoms with E-state index in [-0.39, 0.29) is 0 Å². The van der Waals surface area contributed by atoms with Gasteiger partial charge in [-0.05, 0) is 61.9 Å². The van der Waals surface area contributed by atoms with Crippen LogP contribution in [0.2, 0.25) is 0 Å². The van der Waals surface area contributed by atoms with Crippen molar-refractivity contribution in [2.75, 3.05) is 19.6 Å². The van der Waals surface area contributed by atoms with E-state index in [1.807, 2.05) is 0 Å². The van der Waals surface area contributed by atoms with Crippen LogP contribution in [-0.4, -0.2) is 30.8 Å². The van der Waals surface area contributed by atoms with Gasteiger partial charge in [-0.25, -0.2) is 0 Å². The number of nitrogens with zero attached hydrogens (tertiary/aromatic N) is 1. The van der Waals surface area contributed by atoms with Gasteiger partial charge < -0.3 is 9.69 Å². The van der Waals surface area contributed by atoms with Crippen LogP contribution in [0.1, 0.15) is 36.8 Å². The second kappa shape index (κ2) is 4.85. The Morgan fingerprint density at radius 1 is 1.06 bits per heavy atom. The highest BCUT2D eigenvalue weighted by Gasteiger charge is 2.40. The first-order chi connectivity index (χ1) is 8.82. The molecule has 0 atom stereocenters. The Morgan fingerprint density at radius 2 is 1.67 bits per heavy atom. The number of hydrogen-bond donors (Lipinski definition) is 0. The van der Waals surface area contributed by atoms with Crippen LogP contribution in [-0.2, 0) is 16.6 Å². The maximum atomic E-state index is 10.4. The first-order valence-corrected chi connectivity index (χ1v) is 7.08. The predicted molar refractivity (Wildman–Crippen MR) is 72.8 cm³/mol. The third-order valence-electron chi connectivity index (χ3n) is 4.84. The summed E-state index contributed by atoms with van der Waals surface area (Å²) in [4.78, 5) is 13.0. The summed E-state index contributed by atoms with van der Waals surface area (Å²) in [7, 11) is 0. The third-order valence-corrected chi connectivity index (χ3v) is 4.84. The van der Waals surface area contributed by atoms with Crippen LogP contribution in [0.5, 0.6) is 0 Å². The minimum Gasteiger partial charge on any atom is -0.303 e. The second-order valence-corrected chi connectivity index (χ2v) is 5.77. The van der Waals surface area contributed by atoms with Crippen molar-refractivity contribution in [3.63, 3.8) is 0 Å². The molecular formula is C16H21NO. The highest BCUT2D eigenvalue weighted by molar-refractivity contribution is 5.50. The summed E-state index contributed by atoms with van der Waals surface area (Å²) < 4.78 is 0. The first kappa shape index (κ1) is 11.9. The first-order valence-electron chi connectivity index (χ1n) is 7.08. The van der Waals surface area contributed by atoms with Gasteiger partial charge in [0, 0.05) is 6.42 Å². The zero-order valence-electron chi connectivity index (χ0n) is 10.9. The standard InChI is InChI=1S/C16H21NO/c18-13-1-2-14-3-5-15(6-4-14)16-7-10-17(11-8-16)12-9-16/h3-6,13H,1-2,7-12H2. The SMILES string of the molecule is O=CCCc1ccc(C23CCN(CC2)CC3)cc1. The number of carbonyl (C=O) groups is 1. The molecule has 3 aliphatic heterocycles. The molecule has 0 aliphatic carbocycles. The Kier molecular flexibility index (Phi) is 3.21. The van der Waals surface area contributed by atoms with Gasteiger partial charge in [-0.15, -0.1) is 0 Å². The van der Waals surface area contributed by atoms with Gasteiger partial charge in [-0.3, -0.25) is 0 Å². The molecule has 1 aromatic carbocycles. The molecule has 0 unspecified atom stereocenters. The number of aldehydes is 1. The lowest BCUT2D eigenvalue weighted by Gasteiger charge is -2.49. The topological polar surface area (TPSA) is 20.3 Å². The van der Waals surface area contributed by atoms with Crippen molar-refractivity contribution in [1.29, 1.82) is 0 Å². The monoisotopic (exact) mass is 243 g/mol. The van der Waals surface area contributed by atoms with Crippen molar-refractivity contribution >= 4 is 6.29 Å². The van der Waals surface area contributed by atoms with E-state index >= 15 is 0 Å². The second-order valence-electron chi connectivity index (χ2n) is 5.77. The van der Waals surface area contributed by atoms with Crippen LogP contribution in [0.4, 0.5) is 0 Å². The van der Waals surface area contributed by atoms with Crippen molar-refractivity contribution in [2.45, 2.75) is 37.5 Å². The average Bonchev–Trinajstić information content (AvgIpc) is 2.47. The molecule has 2 bridgehead atoms. The van der Waals surface area contributed by atoms with E-state index in [9.17, 15) is 4.79 Å². The van der Waals surface area contributed by atoms with Gasteiger partial charge in [0.05, 0.1) is 0 Å². The Hall–Kier alpha value is -1.15. The fourth-order valence-corrected chi connectivity index (χ4v) is 3.51. The summed E-state index contributed by atoms with van der Waals surface area (Å²) in [5.41, 5.74) is 3.27. The lowest BCUT2D eigenvalue weighted by Crippen LogP contribution is -2.50. The summed E-state index contributed by atoms with van der Waals surface area (Å²) in [6.07, 6.45) is 6.48. The molecule has 3 aliphatic rings. The molecule has 0 saturated carbocycles. The molecule has 0 aromatic heterocycles. The molecule has 0 spiro atoms. The Bertz CT molecular complexity index is 401. The minimum absolute atomic E-state index is 0.456. The Balaban J connectivity index is 1.77. The summed E-state index contributed by atoms with van der Waals surface area (Å²) in [6.45, 7) is 3.81. The van der Waals surface area contributed by atoms with Crippen molar-refractivity contribution in [1.82, 2.24) is 4.90 Å². The normalized spacial score (nSPS) is 30.3. The number of fused-ring (bicyclic) bond motifs is 3. The zero-order chi connectivity index (χ0) is 12.4. The molecule has 3 fully saturated rings. The van der Waals surface area contributed by atoms with Crippen LogP contribution in [0.15, 0.2) is 24.3 Å². The van der Waals surface area contributed by atoms with E-state index in [1.54, 1.807) is 0 Å². The summed E-state index contributed by atoms with van der Waals surface area (Å²) in [5, 5.41) is 0. The van der Waals surface area contributed by atoms with Gasteiger partial charge >= 0.3 is 0 Å². The lowest BCUT2D eigenvalue weighted by atomic mass is 9.67. The summed E-state index contributed by atoms with van der Waals surface area (Å²) in [6, 6.07) is 9.05. The molecule has 2 nitrogen and oxygen atoms in total. The molecule has 2 heteroatoms. The maximum Gasteiger partial charge on any atom is 0.120 e. The minimum atomic E-state index is 0.456. The zero-order valence-corrected chi connectivity index (χ0v) is 10.9. The van der Waals surface area contributed by atoms with Crippen molar-refractivity contribution < 1.29 is 4.79 Å². The van der Waals surface area contributed by atoms with Crippen molar-refractivity contribution in [3.8, 4) is 0 Å². The number of rotatable bonds is 4. The molecule has 96 valence electrons. The maximum absolute atomic E-state index is 10.4. The van der Waals surface area contributed by atoms with Gasteiger partial charge in [-0.1, -0.05) is 24.3 Å². The van der Waals surface area contributed by atoms with Crippen LogP contribution in [0, 0.1) is 0 Å². The summed E-state index contributed by atoms with van der Waals surface area (Å²) >= 11 is 0. The van der Waals surface area contributed by atoms with Gasteiger partial charge in [0.2, 0.25) is 0 Å². The molecular weight excluding hydrogens is 222 g/mol. The van der Waals surface area contributed by atoms with Gasteiger partial charge in [-0.2, -0.15) is 0 Å². The third kappa shape index (κ3) is 2.10. The average molecular weight is 243 g/mol. The van der Waals surface area contributed by atoms with E-state index in [0.29, 0.717) is 11.8 Å². The van der Waals surface area contributed by atoms with Gasteiger partial charge in [0.1, 0.15) is 6.29 Å². The van der Waals surface area contributed by atoms with Crippen LogP contribution >= 0.6 is 0 Å². The number of carbonyl (C=O) groups excluding carboxylic acids is 1. The molecule has 1 aromatic rings. The van der Waals surface area contributed by atoms with Crippen molar-refractivity contribution in [2.24, 2.45) is 0 Å². The van der Waals surface area contributed by atoms with E-state index in [2.05, 4.69) is 29.2 Å². The van der Waals surface area contributed by atoms with Gasteiger partial charge in [0.15, 0.2) is 0 Å². The molecule has 0 N–H and O–H groups in total. The highest BCUT2D eigenvalue weighted by atomic mass is 16.1. The van der Waals surface area contributed by atoms with E-state index < -0.39 is 0 Å². The molecule has 3 heterocycles. The van der Waals surface area contributed by atoms with E-state index in [4.69, 9.17) is 0 Å². The quantitative estimate of drug-likeness (QED) is 0.757. The van der Waals surface area contributed by atoms with Crippen LogP contribution in [0.3, 0.4) is 0 Å². The predicted octanol–water partition coefficient (Wildman–Crippen LogP) is 2.56. The number of piperidine rings is 3. The largest absolute Gasteiger partial charge is 0.303 e. The Morgan fingerprint density at radius 3 is 2.22 bits per heavy atom. The Labute approximate surface area is 109 Å².